The van der Waals surface area contributed by atoms with Gasteiger partial charge in [0.1, 0.15) is 0 Å². The molecule has 0 spiro atoms. The Bertz CT molecular complexity index is 707. The lowest BCUT2D eigenvalue weighted by Gasteiger charge is -2.17. The topological polar surface area (TPSA) is 80.9 Å². The highest BCUT2D eigenvalue weighted by molar-refractivity contribution is 5.93. The van der Waals surface area contributed by atoms with Crippen molar-refractivity contribution < 1.29 is 4.79 Å². The lowest BCUT2D eigenvalue weighted by Crippen LogP contribution is -2.29. The Hall–Kier alpha value is -1.98. The highest BCUT2D eigenvalue weighted by Gasteiger charge is 2.31. The SMILES string of the molecule is Cc1ccnc(-c2cccc(NC(=O)[C@@H]3CCC[C@@H]3CN)c2)n1.Cl. The third-order valence-corrected chi connectivity index (χ3v) is 4.48. The van der Waals surface area contributed by atoms with Crippen LogP contribution in [0.1, 0.15) is 25.0 Å². The maximum atomic E-state index is 12.5. The van der Waals surface area contributed by atoms with Crippen molar-refractivity contribution >= 4 is 24.0 Å². The molecule has 0 radical (unpaired) electrons. The molecule has 1 amide bonds. The van der Waals surface area contributed by atoms with Crippen LogP contribution in [0.15, 0.2) is 36.5 Å². The van der Waals surface area contributed by atoms with Gasteiger partial charge in [-0.15, -0.1) is 12.4 Å². The van der Waals surface area contributed by atoms with Crippen molar-refractivity contribution in [2.24, 2.45) is 17.6 Å². The van der Waals surface area contributed by atoms with E-state index in [0.29, 0.717) is 18.3 Å². The van der Waals surface area contributed by atoms with Crippen LogP contribution in [0.2, 0.25) is 0 Å². The number of halogens is 1. The summed E-state index contributed by atoms with van der Waals surface area (Å²) >= 11 is 0. The number of nitrogens with one attached hydrogen (secondary N) is 1. The third-order valence-electron chi connectivity index (χ3n) is 4.48. The van der Waals surface area contributed by atoms with Gasteiger partial charge in [-0.1, -0.05) is 18.6 Å². The van der Waals surface area contributed by atoms with Gasteiger partial charge in [0.25, 0.3) is 0 Å². The minimum absolute atomic E-state index is 0. The Morgan fingerprint density at radius 2 is 2.17 bits per heavy atom. The first-order chi connectivity index (χ1) is 11.2. The fourth-order valence-corrected chi connectivity index (χ4v) is 3.22. The summed E-state index contributed by atoms with van der Waals surface area (Å²) in [6, 6.07) is 9.53. The number of hydrogen-bond acceptors (Lipinski definition) is 4. The number of aromatic nitrogens is 2. The first kappa shape index (κ1) is 18.4. The molecule has 128 valence electrons. The zero-order valence-corrected chi connectivity index (χ0v) is 14.6. The highest BCUT2D eigenvalue weighted by atomic mass is 35.5. The van der Waals surface area contributed by atoms with Gasteiger partial charge in [-0.25, -0.2) is 9.97 Å². The number of carbonyl (C=O) groups is 1. The van der Waals surface area contributed by atoms with Gasteiger partial charge in [-0.3, -0.25) is 4.79 Å². The molecule has 1 aromatic carbocycles. The second-order valence-corrected chi connectivity index (χ2v) is 6.12. The highest BCUT2D eigenvalue weighted by Crippen LogP contribution is 2.32. The van der Waals surface area contributed by atoms with E-state index in [9.17, 15) is 4.79 Å². The molecule has 0 saturated heterocycles. The molecule has 1 aromatic heterocycles. The molecule has 1 saturated carbocycles. The summed E-state index contributed by atoms with van der Waals surface area (Å²) < 4.78 is 0. The molecule has 3 N–H and O–H groups in total. The second kappa shape index (κ2) is 8.22. The smallest absolute Gasteiger partial charge is 0.227 e. The molecule has 0 unspecified atom stereocenters. The number of carbonyl (C=O) groups excluding carboxylic acids is 1. The van der Waals surface area contributed by atoms with Gasteiger partial charge in [0, 0.05) is 29.1 Å². The Labute approximate surface area is 148 Å². The normalized spacial score (nSPS) is 19.6. The van der Waals surface area contributed by atoms with Crippen molar-refractivity contribution in [3.63, 3.8) is 0 Å². The molecule has 1 fully saturated rings. The molecule has 6 heteroatoms. The molecule has 2 aromatic rings. The van der Waals surface area contributed by atoms with Gasteiger partial charge < -0.3 is 11.1 Å². The van der Waals surface area contributed by atoms with Crippen molar-refractivity contribution in [3.05, 3.63) is 42.2 Å². The van der Waals surface area contributed by atoms with Crippen LogP contribution >= 0.6 is 12.4 Å². The van der Waals surface area contributed by atoms with Crippen molar-refractivity contribution in [1.29, 1.82) is 0 Å². The monoisotopic (exact) mass is 346 g/mol. The number of nitrogens with zero attached hydrogens (tertiary/aromatic N) is 2. The minimum atomic E-state index is 0. The molecule has 1 aliphatic carbocycles. The third kappa shape index (κ3) is 4.10. The van der Waals surface area contributed by atoms with E-state index >= 15 is 0 Å². The summed E-state index contributed by atoms with van der Waals surface area (Å²) in [5, 5.41) is 3.02. The zero-order valence-electron chi connectivity index (χ0n) is 13.7. The largest absolute Gasteiger partial charge is 0.330 e. The first-order valence-corrected chi connectivity index (χ1v) is 8.08. The van der Waals surface area contributed by atoms with Gasteiger partial charge in [0.2, 0.25) is 5.91 Å². The van der Waals surface area contributed by atoms with Crippen molar-refractivity contribution in [2.75, 3.05) is 11.9 Å². The van der Waals surface area contributed by atoms with E-state index in [1.807, 2.05) is 37.3 Å². The predicted molar refractivity (Wildman–Crippen MR) is 98.0 cm³/mol. The van der Waals surface area contributed by atoms with E-state index < -0.39 is 0 Å². The van der Waals surface area contributed by atoms with E-state index in [4.69, 9.17) is 5.73 Å². The number of benzene rings is 1. The number of rotatable bonds is 4. The van der Waals surface area contributed by atoms with Crippen LogP contribution in [0.5, 0.6) is 0 Å². The van der Waals surface area contributed by atoms with Crippen LogP contribution in [0.25, 0.3) is 11.4 Å². The molecular formula is C18H23ClN4O. The van der Waals surface area contributed by atoms with Gasteiger partial charge in [0.05, 0.1) is 0 Å². The molecule has 24 heavy (non-hydrogen) atoms. The van der Waals surface area contributed by atoms with Crippen molar-refractivity contribution in [3.8, 4) is 11.4 Å². The van der Waals surface area contributed by atoms with E-state index in [1.54, 1.807) is 6.20 Å². The first-order valence-electron chi connectivity index (χ1n) is 8.08. The molecule has 0 aliphatic heterocycles. The molecule has 0 bridgehead atoms. The maximum absolute atomic E-state index is 12.5. The summed E-state index contributed by atoms with van der Waals surface area (Å²) in [5.74, 6) is 1.07. The van der Waals surface area contributed by atoms with Crippen LogP contribution in [0.3, 0.4) is 0 Å². The summed E-state index contributed by atoms with van der Waals surface area (Å²) in [4.78, 5) is 21.2. The Morgan fingerprint density at radius 3 is 2.92 bits per heavy atom. The van der Waals surface area contributed by atoms with E-state index in [-0.39, 0.29) is 24.2 Å². The fourth-order valence-electron chi connectivity index (χ4n) is 3.22. The summed E-state index contributed by atoms with van der Waals surface area (Å²) in [6.45, 7) is 2.51. The maximum Gasteiger partial charge on any atom is 0.227 e. The number of anilines is 1. The molecule has 1 heterocycles. The molecule has 1 aliphatic rings. The van der Waals surface area contributed by atoms with Crippen molar-refractivity contribution in [2.45, 2.75) is 26.2 Å². The quantitative estimate of drug-likeness (QED) is 0.890. The molecule has 2 atom stereocenters. The summed E-state index contributed by atoms with van der Waals surface area (Å²) in [7, 11) is 0. The number of hydrogen-bond donors (Lipinski definition) is 2. The Balaban J connectivity index is 0.00000208. The Morgan fingerprint density at radius 1 is 1.33 bits per heavy atom. The van der Waals surface area contributed by atoms with E-state index in [1.165, 1.54) is 0 Å². The van der Waals surface area contributed by atoms with Crippen molar-refractivity contribution in [1.82, 2.24) is 9.97 Å². The fraction of sp³-hybridized carbons (Fsp3) is 0.389. The zero-order chi connectivity index (χ0) is 16.2. The lowest BCUT2D eigenvalue weighted by molar-refractivity contribution is -0.120. The number of nitrogens with two attached hydrogens (primary N) is 1. The van der Waals surface area contributed by atoms with E-state index in [2.05, 4.69) is 15.3 Å². The number of aryl methyl sites for hydroxylation is 1. The average Bonchev–Trinajstić information content (AvgIpc) is 3.04. The van der Waals surface area contributed by atoms with Crippen LogP contribution < -0.4 is 11.1 Å². The molecule has 5 nitrogen and oxygen atoms in total. The molecular weight excluding hydrogens is 324 g/mol. The van der Waals surface area contributed by atoms with Crippen LogP contribution in [0.4, 0.5) is 5.69 Å². The van der Waals surface area contributed by atoms with Gasteiger partial charge in [0.15, 0.2) is 5.82 Å². The van der Waals surface area contributed by atoms with Gasteiger partial charge >= 0.3 is 0 Å². The predicted octanol–water partition coefficient (Wildman–Crippen LogP) is 3.19. The standard InChI is InChI=1S/C18H22N4O.ClH/c1-12-8-9-20-17(21-12)13-4-2-6-15(10-13)22-18(23)16-7-3-5-14(16)11-19;/h2,4,6,8-10,14,16H,3,5,7,11,19H2,1H3,(H,22,23);1H/t14-,16-;/m1./s1. The Kier molecular flexibility index (Phi) is 6.29. The van der Waals surface area contributed by atoms with E-state index in [0.717, 1.165) is 36.2 Å². The van der Waals surface area contributed by atoms with Gasteiger partial charge in [-0.2, -0.15) is 0 Å². The van der Waals surface area contributed by atoms with Crippen LogP contribution in [-0.2, 0) is 4.79 Å². The minimum Gasteiger partial charge on any atom is -0.330 e. The van der Waals surface area contributed by atoms with Gasteiger partial charge in [-0.05, 0) is 50.4 Å². The molecule has 3 rings (SSSR count). The summed E-state index contributed by atoms with van der Waals surface area (Å²) in [6.07, 6.45) is 4.80. The number of amides is 1. The second-order valence-electron chi connectivity index (χ2n) is 6.12. The summed E-state index contributed by atoms with van der Waals surface area (Å²) in [5.41, 5.74) is 8.37. The van der Waals surface area contributed by atoms with Crippen LogP contribution in [0, 0.1) is 18.8 Å². The lowest BCUT2D eigenvalue weighted by atomic mass is 9.95. The average molecular weight is 347 g/mol. The van der Waals surface area contributed by atoms with Crippen LogP contribution in [-0.4, -0.2) is 22.4 Å².